The SMILES string of the molecule is CC(C)C/C=N/n1c(=O)ccc2ccccc21. The average molecular weight is 228 g/mol. The van der Waals surface area contributed by atoms with E-state index in [-0.39, 0.29) is 5.56 Å². The standard InChI is InChI=1S/C14H16N2O/c1-11(2)9-10-15-16-13-6-4-3-5-12(13)7-8-14(16)17/h3-8,10-11H,9H2,1-2H3/b15-10+. The molecule has 2 aromatic rings. The molecule has 0 N–H and O–H groups in total. The van der Waals surface area contributed by atoms with Crippen molar-refractivity contribution >= 4 is 17.1 Å². The van der Waals surface area contributed by atoms with Gasteiger partial charge < -0.3 is 0 Å². The molecule has 0 aliphatic rings. The van der Waals surface area contributed by atoms with Crippen LogP contribution in [-0.2, 0) is 0 Å². The zero-order chi connectivity index (χ0) is 12.3. The fraction of sp³-hybridized carbons (Fsp3) is 0.286. The highest BCUT2D eigenvalue weighted by atomic mass is 16.1. The molecule has 1 heterocycles. The van der Waals surface area contributed by atoms with Crippen molar-refractivity contribution < 1.29 is 0 Å². The molecule has 0 saturated heterocycles. The number of rotatable bonds is 3. The van der Waals surface area contributed by atoms with Crippen molar-refractivity contribution in [2.24, 2.45) is 11.0 Å². The van der Waals surface area contributed by atoms with Crippen molar-refractivity contribution in [1.29, 1.82) is 0 Å². The van der Waals surface area contributed by atoms with Crippen LogP contribution in [-0.4, -0.2) is 10.9 Å². The molecule has 0 aliphatic heterocycles. The molecule has 0 atom stereocenters. The normalized spacial score (nSPS) is 11.7. The first-order valence-electron chi connectivity index (χ1n) is 5.82. The van der Waals surface area contributed by atoms with Crippen LogP contribution in [0, 0.1) is 5.92 Å². The van der Waals surface area contributed by atoms with Crippen LogP contribution in [0.15, 0.2) is 46.3 Å². The van der Waals surface area contributed by atoms with E-state index in [4.69, 9.17) is 0 Å². The first-order valence-corrected chi connectivity index (χ1v) is 5.82. The lowest BCUT2D eigenvalue weighted by molar-refractivity contribution is 0.686. The Morgan fingerprint density at radius 1 is 1.24 bits per heavy atom. The number of hydrogen-bond donors (Lipinski definition) is 0. The monoisotopic (exact) mass is 228 g/mol. The van der Waals surface area contributed by atoms with Gasteiger partial charge in [0.1, 0.15) is 0 Å². The minimum Gasteiger partial charge on any atom is -0.267 e. The van der Waals surface area contributed by atoms with E-state index in [0.29, 0.717) is 5.92 Å². The summed E-state index contributed by atoms with van der Waals surface area (Å²) in [4.78, 5) is 11.8. The van der Waals surface area contributed by atoms with E-state index in [2.05, 4.69) is 18.9 Å². The third-order valence-electron chi connectivity index (χ3n) is 2.55. The molecule has 1 aromatic heterocycles. The maximum absolute atomic E-state index is 11.8. The average Bonchev–Trinajstić information content (AvgIpc) is 2.32. The largest absolute Gasteiger partial charge is 0.271 e. The highest BCUT2D eigenvalue weighted by molar-refractivity contribution is 5.79. The van der Waals surface area contributed by atoms with Crippen molar-refractivity contribution in [3.05, 3.63) is 46.8 Å². The number of aromatic nitrogens is 1. The van der Waals surface area contributed by atoms with Crippen molar-refractivity contribution in [2.45, 2.75) is 20.3 Å². The van der Waals surface area contributed by atoms with Crippen LogP contribution in [0.2, 0.25) is 0 Å². The first kappa shape index (κ1) is 11.6. The predicted octanol–water partition coefficient (Wildman–Crippen LogP) is 2.88. The highest BCUT2D eigenvalue weighted by Gasteiger charge is 1.99. The van der Waals surface area contributed by atoms with E-state index in [1.165, 1.54) is 4.68 Å². The van der Waals surface area contributed by atoms with E-state index >= 15 is 0 Å². The molecule has 17 heavy (non-hydrogen) atoms. The third kappa shape index (κ3) is 2.61. The fourth-order valence-corrected chi connectivity index (χ4v) is 1.63. The Balaban J connectivity index is 2.48. The number of para-hydroxylation sites is 1. The maximum atomic E-state index is 11.8. The summed E-state index contributed by atoms with van der Waals surface area (Å²) in [5.74, 6) is 0.546. The first-order chi connectivity index (χ1) is 8.18. The van der Waals surface area contributed by atoms with Gasteiger partial charge in [0, 0.05) is 17.7 Å². The van der Waals surface area contributed by atoms with Gasteiger partial charge in [0.05, 0.1) is 5.52 Å². The second-order valence-corrected chi connectivity index (χ2v) is 4.47. The summed E-state index contributed by atoms with van der Waals surface area (Å²) in [7, 11) is 0. The summed E-state index contributed by atoms with van der Waals surface area (Å²) in [5, 5.41) is 5.28. The number of benzene rings is 1. The fourth-order valence-electron chi connectivity index (χ4n) is 1.63. The second kappa shape index (κ2) is 4.95. The molecular formula is C14H16N2O. The van der Waals surface area contributed by atoms with Crippen LogP contribution in [0.5, 0.6) is 0 Å². The van der Waals surface area contributed by atoms with Gasteiger partial charge >= 0.3 is 0 Å². The molecule has 3 heteroatoms. The molecule has 0 fully saturated rings. The molecule has 0 bridgehead atoms. The van der Waals surface area contributed by atoms with Crippen molar-refractivity contribution in [3.63, 3.8) is 0 Å². The van der Waals surface area contributed by atoms with E-state index in [1.54, 1.807) is 12.3 Å². The van der Waals surface area contributed by atoms with Gasteiger partial charge in [-0.15, -0.1) is 0 Å². The molecule has 0 unspecified atom stereocenters. The number of nitrogens with zero attached hydrogens (tertiary/aromatic N) is 2. The maximum Gasteiger partial charge on any atom is 0.271 e. The van der Waals surface area contributed by atoms with Gasteiger partial charge in [-0.25, -0.2) is 0 Å². The van der Waals surface area contributed by atoms with E-state index < -0.39 is 0 Å². The van der Waals surface area contributed by atoms with Gasteiger partial charge in [0.25, 0.3) is 5.56 Å². The molecule has 0 aliphatic carbocycles. The van der Waals surface area contributed by atoms with Crippen LogP contribution >= 0.6 is 0 Å². The predicted molar refractivity (Wildman–Crippen MR) is 71.6 cm³/mol. The van der Waals surface area contributed by atoms with Gasteiger partial charge in [0.15, 0.2) is 0 Å². The zero-order valence-corrected chi connectivity index (χ0v) is 10.1. The van der Waals surface area contributed by atoms with Crippen molar-refractivity contribution in [2.75, 3.05) is 0 Å². The summed E-state index contributed by atoms with van der Waals surface area (Å²) < 4.78 is 1.46. The smallest absolute Gasteiger partial charge is 0.267 e. The Kier molecular flexibility index (Phi) is 3.38. The summed E-state index contributed by atoms with van der Waals surface area (Å²) in [5.41, 5.74) is 0.753. The Hall–Kier alpha value is -1.90. The van der Waals surface area contributed by atoms with Crippen molar-refractivity contribution in [3.8, 4) is 0 Å². The van der Waals surface area contributed by atoms with E-state index in [9.17, 15) is 4.79 Å². The van der Waals surface area contributed by atoms with Gasteiger partial charge in [0.2, 0.25) is 0 Å². The molecule has 1 aromatic carbocycles. The summed E-state index contributed by atoms with van der Waals surface area (Å²) in [6, 6.07) is 11.1. The second-order valence-electron chi connectivity index (χ2n) is 4.47. The molecule has 88 valence electrons. The van der Waals surface area contributed by atoms with Crippen LogP contribution < -0.4 is 5.56 Å². The van der Waals surface area contributed by atoms with Gasteiger partial charge in [-0.05, 0) is 24.5 Å². The Labute approximate surface area is 100 Å². The summed E-state index contributed by atoms with van der Waals surface area (Å²) in [6.45, 7) is 4.25. The van der Waals surface area contributed by atoms with Crippen LogP contribution in [0.25, 0.3) is 10.9 Å². The topological polar surface area (TPSA) is 34.4 Å². The van der Waals surface area contributed by atoms with Crippen LogP contribution in [0.3, 0.4) is 0 Å². The Bertz CT molecular complexity index is 596. The Morgan fingerprint density at radius 2 is 2.00 bits per heavy atom. The minimum atomic E-state index is -0.0938. The number of pyridine rings is 1. The summed E-state index contributed by atoms with van der Waals surface area (Å²) >= 11 is 0. The molecular weight excluding hydrogens is 212 g/mol. The zero-order valence-electron chi connectivity index (χ0n) is 10.1. The number of hydrogen-bond acceptors (Lipinski definition) is 2. The molecule has 2 rings (SSSR count). The van der Waals surface area contributed by atoms with Gasteiger partial charge in [-0.2, -0.15) is 9.78 Å². The molecule has 0 radical (unpaired) electrons. The molecule has 0 amide bonds. The Morgan fingerprint density at radius 3 is 2.76 bits per heavy atom. The minimum absolute atomic E-state index is 0.0938. The van der Waals surface area contributed by atoms with E-state index in [0.717, 1.165) is 17.3 Å². The molecule has 0 saturated carbocycles. The third-order valence-corrected chi connectivity index (χ3v) is 2.55. The van der Waals surface area contributed by atoms with Crippen LogP contribution in [0.4, 0.5) is 0 Å². The lowest BCUT2D eigenvalue weighted by Gasteiger charge is -2.04. The molecule has 0 spiro atoms. The van der Waals surface area contributed by atoms with Crippen molar-refractivity contribution in [1.82, 2.24) is 4.68 Å². The van der Waals surface area contributed by atoms with E-state index in [1.807, 2.05) is 30.3 Å². The summed E-state index contributed by atoms with van der Waals surface area (Å²) in [6.07, 6.45) is 2.67. The quantitative estimate of drug-likeness (QED) is 0.744. The highest BCUT2D eigenvalue weighted by Crippen LogP contribution is 2.10. The molecule has 3 nitrogen and oxygen atoms in total. The lowest BCUT2D eigenvalue weighted by atomic mass is 10.2. The van der Waals surface area contributed by atoms with Crippen LogP contribution in [0.1, 0.15) is 20.3 Å². The lowest BCUT2D eigenvalue weighted by Crippen LogP contribution is -2.15. The van der Waals surface area contributed by atoms with Gasteiger partial charge in [-0.3, -0.25) is 4.79 Å². The number of fused-ring (bicyclic) bond motifs is 1. The van der Waals surface area contributed by atoms with Gasteiger partial charge in [-0.1, -0.05) is 32.0 Å².